The minimum absolute atomic E-state index is 0.618. The van der Waals surface area contributed by atoms with Crippen molar-refractivity contribution in [3.05, 3.63) is 0 Å². The number of likely N-dealkylation sites (N-methyl/N-ethyl adjacent to an activating group) is 1. The van der Waals surface area contributed by atoms with Crippen LogP contribution in [-0.2, 0) is 0 Å². The monoisotopic (exact) mass is 185 g/mol. The summed E-state index contributed by atoms with van der Waals surface area (Å²) in [5.74, 6) is 0. The molecular weight excluding hydrogens is 162 g/mol. The lowest BCUT2D eigenvalue weighted by Gasteiger charge is -2.33. The fourth-order valence-electron chi connectivity index (χ4n) is 1.73. The summed E-state index contributed by atoms with van der Waals surface area (Å²) >= 11 is 0. The number of hydrogen-bond acceptors (Lipinski definition) is 3. The van der Waals surface area contributed by atoms with Gasteiger partial charge in [0.1, 0.15) is 0 Å². The summed E-state index contributed by atoms with van der Waals surface area (Å²) in [5, 5.41) is 6.88. The molecule has 1 saturated heterocycles. The molecule has 1 fully saturated rings. The Morgan fingerprint density at radius 2 is 2.00 bits per heavy atom. The van der Waals surface area contributed by atoms with Crippen molar-refractivity contribution in [3.8, 4) is 0 Å². The highest BCUT2D eigenvalue weighted by atomic mass is 15.2. The fourth-order valence-corrected chi connectivity index (χ4v) is 1.73. The normalized spacial score (nSPS) is 20.3. The lowest BCUT2D eigenvalue weighted by atomic mass is 10.1. The summed E-state index contributed by atoms with van der Waals surface area (Å²) < 4.78 is 0. The molecule has 1 heterocycles. The maximum absolute atomic E-state index is 3.61. The van der Waals surface area contributed by atoms with Gasteiger partial charge in [0, 0.05) is 31.7 Å². The highest BCUT2D eigenvalue weighted by Crippen LogP contribution is 1.96. The molecule has 0 aromatic carbocycles. The van der Waals surface area contributed by atoms with Crippen LogP contribution in [0.25, 0.3) is 0 Å². The van der Waals surface area contributed by atoms with E-state index in [1.54, 1.807) is 0 Å². The first-order valence-electron chi connectivity index (χ1n) is 5.45. The van der Waals surface area contributed by atoms with Gasteiger partial charge >= 0.3 is 0 Å². The fraction of sp³-hybridized carbons (Fsp3) is 1.00. The van der Waals surface area contributed by atoms with Gasteiger partial charge in [-0.15, -0.1) is 0 Å². The molecule has 0 bridgehead atoms. The second kappa shape index (κ2) is 5.58. The third kappa shape index (κ3) is 3.63. The highest BCUT2D eigenvalue weighted by Gasteiger charge is 2.18. The van der Waals surface area contributed by atoms with Crippen LogP contribution in [0.5, 0.6) is 0 Å². The molecule has 1 aliphatic rings. The Hall–Kier alpha value is -0.120. The molecule has 3 nitrogen and oxygen atoms in total. The van der Waals surface area contributed by atoms with E-state index in [0.717, 1.165) is 26.2 Å². The topological polar surface area (TPSA) is 27.3 Å². The number of nitrogens with zero attached hydrogens (tertiary/aromatic N) is 1. The number of hydrogen-bond donors (Lipinski definition) is 2. The van der Waals surface area contributed by atoms with Gasteiger partial charge in [-0.05, 0) is 20.0 Å². The molecule has 1 rings (SSSR count). The van der Waals surface area contributed by atoms with E-state index in [1.807, 2.05) is 0 Å². The van der Waals surface area contributed by atoms with Gasteiger partial charge in [0.05, 0.1) is 0 Å². The molecule has 1 unspecified atom stereocenters. The molecule has 0 radical (unpaired) electrons. The van der Waals surface area contributed by atoms with E-state index < -0.39 is 0 Å². The first kappa shape index (κ1) is 11.0. The van der Waals surface area contributed by atoms with Gasteiger partial charge in [-0.3, -0.25) is 0 Å². The minimum atomic E-state index is 0.618. The molecule has 1 aliphatic heterocycles. The molecule has 0 aromatic heterocycles. The summed E-state index contributed by atoms with van der Waals surface area (Å²) in [7, 11) is 0. The van der Waals surface area contributed by atoms with Crippen molar-refractivity contribution in [1.82, 2.24) is 15.5 Å². The Labute approximate surface area is 81.9 Å². The molecule has 0 aromatic rings. The predicted molar refractivity (Wildman–Crippen MR) is 57.0 cm³/mol. The van der Waals surface area contributed by atoms with Gasteiger partial charge in [0.25, 0.3) is 0 Å². The average Bonchev–Trinajstić information content (AvgIpc) is 2.07. The summed E-state index contributed by atoms with van der Waals surface area (Å²) in [6, 6.07) is 1.33. The first-order valence-corrected chi connectivity index (χ1v) is 5.45. The molecule has 2 N–H and O–H groups in total. The van der Waals surface area contributed by atoms with Crippen LogP contribution >= 0.6 is 0 Å². The lowest BCUT2D eigenvalue weighted by Crippen LogP contribution is -2.59. The summed E-state index contributed by atoms with van der Waals surface area (Å²) in [6.07, 6.45) is 0. The maximum atomic E-state index is 3.61. The molecule has 0 spiro atoms. The zero-order valence-electron chi connectivity index (χ0n) is 9.14. The van der Waals surface area contributed by atoms with Crippen molar-refractivity contribution in [3.63, 3.8) is 0 Å². The van der Waals surface area contributed by atoms with Crippen molar-refractivity contribution >= 4 is 0 Å². The van der Waals surface area contributed by atoms with E-state index in [0.29, 0.717) is 12.1 Å². The van der Waals surface area contributed by atoms with Gasteiger partial charge in [-0.2, -0.15) is 0 Å². The van der Waals surface area contributed by atoms with Gasteiger partial charge in [-0.25, -0.2) is 0 Å². The Kier molecular flexibility index (Phi) is 4.70. The van der Waals surface area contributed by atoms with Gasteiger partial charge < -0.3 is 15.5 Å². The maximum Gasteiger partial charge on any atom is 0.0320 e. The van der Waals surface area contributed by atoms with Crippen molar-refractivity contribution in [1.29, 1.82) is 0 Å². The van der Waals surface area contributed by atoms with E-state index in [-0.39, 0.29) is 0 Å². The van der Waals surface area contributed by atoms with E-state index in [4.69, 9.17) is 0 Å². The highest BCUT2D eigenvalue weighted by molar-refractivity contribution is 4.84. The van der Waals surface area contributed by atoms with Crippen LogP contribution in [0.4, 0.5) is 0 Å². The van der Waals surface area contributed by atoms with Crippen LogP contribution in [-0.4, -0.2) is 49.7 Å². The minimum Gasteiger partial charge on any atom is -0.314 e. The molecule has 1 atom stereocenters. The van der Waals surface area contributed by atoms with Crippen LogP contribution < -0.4 is 10.6 Å². The van der Waals surface area contributed by atoms with Crippen LogP contribution in [0.2, 0.25) is 0 Å². The van der Waals surface area contributed by atoms with Crippen LogP contribution in [0, 0.1) is 0 Å². The lowest BCUT2D eigenvalue weighted by molar-refractivity contribution is 0.244. The predicted octanol–water partition coefficient (Wildman–Crippen LogP) is 0.278. The van der Waals surface area contributed by atoms with Crippen LogP contribution in [0.15, 0.2) is 0 Å². The van der Waals surface area contributed by atoms with Crippen molar-refractivity contribution < 1.29 is 0 Å². The van der Waals surface area contributed by atoms with Crippen molar-refractivity contribution in [2.45, 2.75) is 32.9 Å². The zero-order chi connectivity index (χ0) is 9.68. The largest absolute Gasteiger partial charge is 0.314 e. The number of nitrogens with one attached hydrogen (secondary N) is 2. The third-order valence-corrected chi connectivity index (χ3v) is 2.73. The Morgan fingerprint density at radius 1 is 1.38 bits per heavy atom. The van der Waals surface area contributed by atoms with Crippen molar-refractivity contribution in [2.75, 3.05) is 32.7 Å². The first-order chi connectivity index (χ1) is 6.26. The van der Waals surface area contributed by atoms with Crippen LogP contribution in [0.1, 0.15) is 20.8 Å². The van der Waals surface area contributed by atoms with Gasteiger partial charge in [0.2, 0.25) is 0 Å². The quantitative estimate of drug-likeness (QED) is 0.622. The van der Waals surface area contributed by atoms with E-state index >= 15 is 0 Å². The standard InChI is InChI=1S/C10H23N3/c1-4-13(5-2)8-9(3)12-10-6-11-7-10/h9-12H,4-8H2,1-3H3. The second-order valence-corrected chi connectivity index (χ2v) is 3.91. The average molecular weight is 185 g/mol. The SMILES string of the molecule is CCN(CC)CC(C)NC1CNC1. The van der Waals surface area contributed by atoms with Crippen LogP contribution in [0.3, 0.4) is 0 Å². The number of rotatable bonds is 6. The Bertz CT molecular complexity index is 130. The Morgan fingerprint density at radius 3 is 2.38 bits per heavy atom. The Balaban J connectivity index is 2.10. The van der Waals surface area contributed by atoms with E-state index in [1.165, 1.54) is 6.54 Å². The molecule has 78 valence electrons. The van der Waals surface area contributed by atoms with Gasteiger partial charge in [0.15, 0.2) is 0 Å². The second-order valence-electron chi connectivity index (χ2n) is 3.91. The molecule has 0 amide bonds. The van der Waals surface area contributed by atoms with Crippen molar-refractivity contribution in [2.24, 2.45) is 0 Å². The summed E-state index contributed by atoms with van der Waals surface area (Å²) in [4.78, 5) is 2.46. The summed E-state index contributed by atoms with van der Waals surface area (Å²) in [5.41, 5.74) is 0. The molecule has 13 heavy (non-hydrogen) atoms. The third-order valence-electron chi connectivity index (χ3n) is 2.73. The summed E-state index contributed by atoms with van der Waals surface area (Å²) in [6.45, 7) is 12.5. The molecular formula is C10H23N3. The smallest absolute Gasteiger partial charge is 0.0320 e. The van der Waals surface area contributed by atoms with Gasteiger partial charge in [-0.1, -0.05) is 13.8 Å². The zero-order valence-corrected chi connectivity index (χ0v) is 9.14. The molecule has 0 saturated carbocycles. The van der Waals surface area contributed by atoms with E-state index in [2.05, 4.69) is 36.3 Å². The molecule has 0 aliphatic carbocycles. The van der Waals surface area contributed by atoms with E-state index in [9.17, 15) is 0 Å². The molecule has 3 heteroatoms.